The van der Waals surface area contributed by atoms with E-state index in [9.17, 15) is 0 Å². The van der Waals surface area contributed by atoms with E-state index in [1.807, 2.05) is 0 Å². The standard InChI is InChI=1S/C29H24/c1-19-18-21-15-14-20-8-2-3-9-23(20)29(21)22(19)16-17-28-26-12-6-4-10-24(26)25-11-5-7-13-27(25)28/h2-15,18,22,28H,16-17H2,1H3. The average molecular weight is 373 g/mol. The second kappa shape index (κ2) is 6.46. The lowest BCUT2D eigenvalue weighted by Crippen LogP contribution is -2.03. The Bertz CT molecular complexity index is 1230. The zero-order valence-corrected chi connectivity index (χ0v) is 16.7. The van der Waals surface area contributed by atoms with Crippen molar-refractivity contribution in [2.45, 2.75) is 31.6 Å². The van der Waals surface area contributed by atoms with Crippen LogP contribution in [0.2, 0.25) is 0 Å². The van der Waals surface area contributed by atoms with E-state index in [1.165, 1.54) is 57.0 Å². The second-order valence-corrected chi connectivity index (χ2v) is 8.53. The average Bonchev–Trinajstić information content (AvgIpc) is 3.26. The lowest BCUT2D eigenvalue weighted by molar-refractivity contribution is 0.620. The van der Waals surface area contributed by atoms with Crippen LogP contribution in [-0.2, 0) is 0 Å². The lowest BCUT2D eigenvalue weighted by atomic mass is 9.83. The molecular formula is C29H24. The lowest BCUT2D eigenvalue weighted by Gasteiger charge is -2.20. The van der Waals surface area contributed by atoms with Gasteiger partial charge in [-0.05, 0) is 63.9 Å². The fraction of sp³-hybridized carbons (Fsp3) is 0.172. The molecule has 0 saturated carbocycles. The third-order valence-electron chi connectivity index (χ3n) is 6.99. The van der Waals surface area contributed by atoms with Crippen LogP contribution in [0.4, 0.5) is 0 Å². The first-order valence-electron chi connectivity index (χ1n) is 10.7. The number of fused-ring (bicyclic) bond motifs is 6. The maximum Gasteiger partial charge on any atom is 0.0102 e. The highest BCUT2D eigenvalue weighted by molar-refractivity contribution is 5.92. The van der Waals surface area contributed by atoms with Crippen molar-refractivity contribution >= 4 is 16.8 Å². The van der Waals surface area contributed by atoms with Crippen molar-refractivity contribution in [1.29, 1.82) is 0 Å². The molecule has 0 saturated heterocycles. The van der Waals surface area contributed by atoms with E-state index in [0.717, 1.165) is 0 Å². The minimum Gasteiger partial charge on any atom is -0.0652 e. The highest BCUT2D eigenvalue weighted by atomic mass is 14.3. The van der Waals surface area contributed by atoms with Gasteiger partial charge >= 0.3 is 0 Å². The Morgan fingerprint density at radius 2 is 1.24 bits per heavy atom. The van der Waals surface area contributed by atoms with Gasteiger partial charge < -0.3 is 0 Å². The van der Waals surface area contributed by atoms with Crippen LogP contribution < -0.4 is 0 Å². The molecule has 0 amide bonds. The summed E-state index contributed by atoms with van der Waals surface area (Å²) in [7, 11) is 0. The molecule has 2 aliphatic rings. The summed E-state index contributed by atoms with van der Waals surface area (Å²) in [6.45, 7) is 2.32. The first kappa shape index (κ1) is 16.8. The molecule has 0 N–H and O–H groups in total. The summed E-state index contributed by atoms with van der Waals surface area (Å²) in [5, 5.41) is 2.78. The molecule has 0 fully saturated rings. The number of hydrogen-bond donors (Lipinski definition) is 0. The molecule has 4 aromatic rings. The Hall–Kier alpha value is -3.12. The fourth-order valence-corrected chi connectivity index (χ4v) is 5.68. The highest BCUT2D eigenvalue weighted by Gasteiger charge is 2.30. The molecule has 4 aromatic carbocycles. The molecule has 0 heteroatoms. The summed E-state index contributed by atoms with van der Waals surface area (Å²) >= 11 is 0. The van der Waals surface area contributed by atoms with Crippen LogP contribution in [0.1, 0.15) is 53.9 Å². The minimum atomic E-state index is 0.509. The minimum absolute atomic E-state index is 0.509. The molecule has 140 valence electrons. The topological polar surface area (TPSA) is 0 Å². The summed E-state index contributed by atoms with van der Waals surface area (Å²) < 4.78 is 0. The van der Waals surface area contributed by atoms with Gasteiger partial charge in [-0.2, -0.15) is 0 Å². The normalized spacial score (nSPS) is 17.1. The zero-order chi connectivity index (χ0) is 19.4. The van der Waals surface area contributed by atoms with Crippen molar-refractivity contribution in [1.82, 2.24) is 0 Å². The molecule has 2 aliphatic carbocycles. The number of rotatable bonds is 3. The van der Waals surface area contributed by atoms with Crippen molar-refractivity contribution in [2.24, 2.45) is 0 Å². The monoisotopic (exact) mass is 372 g/mol. The Morgan fingerprint density at radius 3 is 2.00 bits per heavy atom. The van der Waals surface area contributed by atoms with Gasteiger partial charge in [-0.15, -0.1) is 0 Å². The van der Waals surface area contributed by atoms with Gasteiger partial charge in [0.05, 0.1) is 0 Å². The van der Waals surface area contributed by atoms with Crippen molar-refractivity contribution in [3.63, 3.8) is 0 Å². The molecule has 6 rings (SSSR count). The van der Waals surface area contributed by atoms with Gasteiger partial charge in [0.2, 0.25) is 0 Å². The van der Waals surface area contributed by atoms with Crippen molar-refractivity contribution in [2.75, 3.05) is 0 Å². The van der Waals surface area contributed by atoms with Crippen LogP contribution in [0.25, 0.3) is 28.0 Å². The first-order valence-corrected chi connectivity index (χ1v) is 10.7. The summed E-state index contributed by atoms with van der Waals surface area (Å²) in [6, 6.07) is 31.4. The van der Waals surface area contributed by atoms with Crippen LogP contribution >= 0.6 is 0 Å². The van der Waals surface area contributed by atoms with Gasteiger partial charge in [-0.3, -0.25) is 0 Å². The number of hydrogen-bond acceptors (Lipinski definition) is 0. The summed E-state index contributed by atoms with van der Waals surface area (Å²) in [5.74, 6) is 1.03. The van der Waals surface area contributed by atoms with E-state index >= 15 is 0 Å². The Kier molecular flexibility index (Phi) is 3.74. The predicted molar refractivity (Wildman–Crippen MR) is 123 cm³/mol. The Balaban J connectivity index is 1.38. The molecule has 0 heterocycles. The molecule has 0 bridgehead atoms. The molecule has 0 aromatic heterocycles. The maximum absolute atomic E-state index is 2.41. The molecule has 0 nitrogen and oxygen atoms in total. The van der Waals surface area contributed by atoms with Crippen LogP contribution in [0.3, 0.4) is 0 Å². The number of benzene rings is 4. The van der Waals surface area contributed by atoms with E-state index in [0.29, 0.717) is 11.8 Å². The van der Waals surface area contributed by atoms with E-state index in [-0.39, 0.29) is 0 Å². The third kappa shape index (κ3) is 2.52. The van der Waals surface area contributed by atoms with Gasteiger partial charge in [-0.1, -0.05) is 96.6 Å². The molecular weight excluding hydrogens is 348 g/mol. The van der Waals surface area contributed by atoms with E-state index in [1.54, 1.807) is 5.56 Å². The molecule has 1 unspecified atom stereocenters. The number of allylic oxidation sites excluding steroid dienone is 1. The van der Waals surface area contributed by atoms with E-state index in [4.69, 9.17) is 0 Å². The van der Waals surface area contributed by atoms with Crippen LogP contribution in [0.5, 0.6) is 0 Å². The molecule has 1 atom stereocenters. The van der Waals surface area contributed by atoms with Gasteiger partial charge in [0, 0.05) is 11.8 Å². The molecule has 0 radical (unpaired) electrons. The smallest absolute Gasteiger partial charge is 0.0102 e. The quantitative estimate of drug-likeness (QED) is 0.342. The zero-order valence-electron chi connectivity index (χ0n) is 16.7. The summed E-state index contributed by atoms with van der Waals surface area (Å²) in [4.78, 5) is 0. The highest BCUT2D eigenvalue weighted by Crippen LogP contribution is 2.49. The Morgan fingerprint density at radius 1 is 0.621 bits per heavy atom. The largest absolute Gasteiger partial charge is 0.0652 e. The van der Waals surface area contributed by atoms with E-state index < -0.39 is 0 Å². The summed E-state index contributed by atoms with van der Waals surface area (Å²) in [5.41, 5.74) is 10.3. The first-order chi connectivity index (χ1) is 14.3. The van der Waals surface area contributed by atoms with Gasteiger partial charge in [0.1, 0.15) is 0 Å². The van der Waals surface area contributed by atoms with Crippen LogP contribution in [-0.4, -0.2) is 0 Å². The molecule has 0 spiro atoms. The van der Waals surface area contributed by atoms with Crippen molar-refractivity contribution in [3.8, 4) is 11.1 Å². The summed E-state index contributed by atoms with van der Waals surface area (Å²) in [6.07, 6.45) is 4.78. The predicted octanol–water partition coefficient (Wildman–Crippen LogP) is 7.93. The SMILES string of the molecule is CC1=Cc2ccc3ccccc3c2C1CCC1c2ccccc2-c2ccccc21. The second-order valence-electron chi connectivity index (χ2n) is 8.53. The van der Waals surface area contributed by atoms with Crippen LogP contribution in [0, 0.1) is 0 Å². The van der Waals surface area contributed by atoms with Crippen LogP contribution in [0.15, 0.2) is 90.5 Å². The molecule has 0 aliphatic heterocycles. The molecule has 29 heavy (non-hydrogen) atoms. The third-order valence-corrected chi connectivity index (χ3v) is 6.99. The van der Waals surface area contributed by atoms with Crippen molar-refractivity contribution in [3.05, 3.63) is 113 Å². The Labute approximate surface area is 172 Å². The van der Waals surface area contributed by atoms with Gasteiger partial charge in [0.15, 0.2) is 0 Å². The van der Waals surface area contributed by atoms with Gasteiger partial charge in [-0.25, -0.2) is 0 Å². The fourth-order valence-electron chi connectivity index (χ4n) is 5.68. The van der Waals surface area contributed by atoms with Gasteiger partial charge in [0.25, 0.3) is 0 Å². The maximum atomic E-state index is 2.41. The van der Waals surface area contributed by atoms with Crippen molar-refractivity contribution < 1.29 is 0 Å². The van der Waals surface area contributed by atoms with E-state index in [2.05, 4.69) is 97.9 Å².